The molecule has 0 spiro atoms. The molecule has 0 aliphatic carbocycles. The van der Waals surface area contributed by atoms with Crippen LogP contribution in [0.4, 0.5) is 4.39 Å². The summed E-state index contributed by atoms with van der Waals surface area (Å²) in [7, 11) is 0. The highest BCUT2D eigenvalue weighted by Gasteiger charge is 2.24. The number of allylic oxidation sites excluding steroid dienone is 3. The first-order chi connectivity index (χ1) is 5.41. The zero-order valence-corrected chi connectivity index (χ0v) is 7.61. The Morgan fingerprint density at radius 2 is 2.17 bits per heavy atom. The molecule has 0 amide bonds. The van der Waals surface area contributed by atoms with Gasteiger partial charge in [-0.2, -0.15) is 0 Å². The number of nitrogens with one attached hydrogen (secondary N) is 1. The van der Waals surface area contributed by atoms with Gasteiger partial charge in [0.15, 0.2) is 0 Å². The Hall–Kier alpha value is -0.830. The van der Waals surface area contributed by atoms with E-state index in [0.717, 1.165) is 5.70 Å². The summed E-state index contributed by atoms with van der Waals surface area (Å²) >= 11 is 0. The highest BCUT2D eigenvalue weighted by Crippen LogP contribution is 2.24. The number of hydrogen-bond donors (Lipinski definition) is 2. The molecule has 0 aromatic carbocycles. The van der Waals surface area contributed by atoms with E-state index in [-0.39, 0.29) is 5.83 Å². The Morgan fingerprint density at radius 3 is 2.58 bits per heavy atom. The highest BCUT2D eigenvalue weighted by atomic mass is 19.1. The molecule has 2 nitrogen and oxygen atoms in total. The third-order valence-electron chi connectivity index (χ3n) is 1.91. The van der Waals surface area contributed by atoms with Crippen LogP contribution in [0.3, 0.4) is 0 Å². The summed E-state index contributed by atoms with van der Waals surface area (Å²) in [5, 5.41) is 12.5. The van der Waals surface area contributed by atoms with Crippen molar-refractivity contribution >= 4 is 0 Å². The average molecular weight is 171 g/mol. The summed E-state index contributed by atoms with van der Waals surface area (Å²) < 4.78 is 13.2. The van der Waals surface area contributed by atoms with Crippen molar-refractivity contribution in [1.82, 2.24) is 5.32 Å². The topological polar surface area (TPSA) is 32.3 Å². The van der Waals surface area contributed by atoms with Gasteiger partial charge in [-0.1, -0.05) is 0 Å². The monoisotopic (exact) mass is 171 g/mol. The maximum atomic E-state index is 13.2. The summed E-state index contributed by atoms with van der Waals surface area (Å²) in [6, 6.07) is 0. The van der Waals surface area contributed by atoms with Crippen molar-refractivity contribution in [2.24, 2.45) is 0 Å². The van der Waals surface area contributed by atoms with Crippen LogP contribution in [0.2, 0.25) is 0 Å². The van der Waals surface area contributed by atoms with Crippen LogP contribution < -0.4 is 5.32 Å². The van der Waals surface area contributed by atoms with Gasteiger partial charge in [0.25, 0.3) is 0 Å². The lowest BCUT2D eigenvalue weighted by molar-refractivity contribution is 0.114. The largest absolute Gasteiger partial charge is 0.386 e. The van der Waals surface area contributed by atoms with E-state index in [1.54, 1.807) is 20.8 Å². The molecule has 0 radical (unpaired) electrons. The first-order valence-electron chi connectivity index (χ1n) is 3.95. The lowest BCUT2D eigenvalue weighted by Crippen LogP contribution is -2.32. The number of aliphatic hydroxyl groups is 1. The molecule has 1 heterocycles. The van der Waals surface area contributed by atoms with Crippen LogP contribution in [0.25, 0.3) is 0 Å². The molecule has 12 heavy (non-hydrogen) atoms. The molecule has 0 fully saturated rings. The van der Waals surface area contributed by atoms with Crippen molar-refractivity contribution < 1.29 is 9.50 Å². The average Bonchev–Trinajstić information content (AvgIpc) is 1.83. The summed E-state index contributed by atoms with van der Waals surface area (Å²) in [6.07, 6.45) is 1.40. The highest BCUT2D eigenvalue weighted by molar-refractivity contribution is 5.32. The van der Waals surface area contributed by atoms with Gasteiger partial charge >= 0.3 is 0 Å². The molecule has 0 atom stereocenters. The van der Waals surface area contributed by atoms with Crippen molar-refractivity contribution in [1.29, 1.82) is 0 Å². The molecule has 68 valence electrons. The van der Waals surface area contributed by atoms with Gasteiger partial charge in [-0.15, -0.1) is 0 Å². The van der Waals surface area contributed by atoms with E-state index >= 15 is 0 Å². The third-order valence-corrected chi connectivity index (χ3v) is 1.91. The number of rotatable bonds is 1. The smallest absolute Gasteiger partial charge is 0.128 e. The van der Waals surface area contributed by atoms with Crippen LogP contribution in [0, 0.1) is 0 Å². The zero-order chi connectivity index (χ0) is 9.35. The second-order valence-corrected chi connectivity index (χ2v) is 3.57. The van der Waals surface area contributed by atoms with Crippen LogP contribution in [-0.2, 0) is 0 Å². The van der Waals surface area contributed by atoms with E-state index in [0.29, 0.717) is 12.1 Å². The second-order valence-electron chi connectivity index (χ2n) is 3.57. The Balaban J connectivity index is 2.98. The van der Waals surface area contributed by atoms with Gasteiger partial charge in [0.2, 0.25) is 0 Å². The van der Waals surface area contributed by atoms with E-state index < -0.39 is 5.60 Å². The van der Waals surface area contributed by atoms with Gasteiger partial charge in [0.05, 0.1) is 5.60 Å². The van der Waals surface area contributed by atoms with E-state index in [4.69, 9.17) is 0 Å². The van der Waals surface area contributed by atoms with E-state index in [1.807, 2.05) is 0 Å². The van der Waals surface area contributed by atoms with Crippen LogP contribution in [-0.4, -0.2) is 17.3 Å². The summed E-state index contributed by atoms with van der Waals surface area (Å²) in [5.74, 6) is -0.321. The van der Waals surface area contributed by atoms with E-state index in [9.17, 15) is 9.50 Å². The quantitative estimate of drug-likeness (QED) is 0.626. The van der Waals surface area contributed by atoms with Gasteiger partial charge in [0, 0.05) is 17.8 Å². The van der Waals surface area contributed by atoms with Crippen LogP contribution in [0.1, 0.15) is 20.8 Å². The summed E-state index contributed by atoms with van der Waals surface area (Å²) in [4.78, 5) is 0. The standard InChI is InChI=1S/C9H14FNO/c1-6-4-8(10)7(5-11-6)9(2,3)12/h4,11-12H,5H2,1-3H3. The molecule has 2 N–H and O–H groups in total. The minimum atomic E-state index is -1.08. The molecule has 0 aromatic rings. The lowest BCUT2D eigenvalue weighted by atomic mass is 9.95. The fourth-order valence-corrected chi connectivity index (χ4v) is 1.15. The molecule has 1 aliphatic heterocycles. The van der Waals surface area contributed by atoms with E-state index in [1.165, 1.54) is 6.08 Å². The maximum Gasteiger partial charge on any atom is 0.128 e. The number of halogens is 1. The van der Waals surface area contributed by atoms with Gasteiger partial charge in [-0.25, -0.2) is 4.39 Å². The van der Waals surface area contributed by atoms with Crippen molar-refractivity contribution in [3.05, 3.63) is 23.2 Å². The Bertz CT molecular complexity index is 248. The van der Waals surface area contributed by atoms with Crippen LogP contribution in [0.15, 0.2) is 23.2 Å². The summed E-state index contributed by atoms with van der Waals surface area (Å²) in [5.41, 5.74) is 0.127. The lowest BCUT2D eigenvalue weighted by Gasteiger charge is -2.25. The minimum absolute atomic E-state index is 0.321. The molecule has 0 saturated carbocycles. The minimum Gasteiger partial charge on any atom is -0.386 e. The second kappa shape index (κ2) is 2.90. The van der Waals surface area contributed by atoms with Gasteiger partial charge in [-0.3, -0.25) is 0 Å². The molecular weight excluding hydrogens is 157 g/mol. The molecule has 0 unspecified atom stereocenters. The van der Waals surface area contributed by atoms with Gasteiger partial charge in [-0.05, 0) is 26.8 Å². The summed E-state index contributed by atoms with van der Waals surface area (Å²) in [6.45, 7) is 5.34. The SMILES string of the molecule is CC1=CC(F)=C(C(C)(C)O)CN1. The molecule has 0 bridgehead atoms. The Labute approximate surface area is 71.8 Å². The number of hydrogen-bond acceptors (Lipinski definition) is 2. The first-order valence-corrected chi connectivity index (χ1v) is 3.95. The van der Waals surface area contributed by atoms with Crippen molar-refractivity contribution in [3.63, 3.8) is 0 Å². The molecule has 0 aromatic heterocycles. The van der Waals surface area contributed by atoms with Gasteiger partial charge in [0.1, 0.15) is 5.83 Å². The van der Waals surface area contributed by atoms with E-state index in [2.05, 4.69) is 5.32 Å². The molecule has 1 aliphatic rings. The predicted octanol–water partition coefficient (Wildman–Crippen LogP) is 1.49. The zero-order valence-electron chi connectivity index (χ0n) is 7.61. The maximum absolute atomic E-state index is 13.2. The Kier molecular flexibility index (Phi) is 2.24. The van der Waals surface area contributed by atoms with Crippen molar-refractivity contribution in [2.75, 3.05) is 6.54 Å². The fourth-order valence-electron chi connectivity index (χ4n) is 1.15. The predicted molar refractivity (Wildman–Crippen MR) is 46.2 cm³/mol. The van der Waals surface area contributed by atoms with Crippen molar-refractivity contribution in [3.8, 4) is 0 Å². The molecule has 3 heteroatoms. The van der Waals surface area contributed by atoms with Crippen molar-refractivity contribution in [2.45, 2.75) is 26.4 Å². The number of dihydropyridines is 1. The molecule has 1 rings (SSSR count). The van der Waals surface area contributed by atoms with Gasteiger partial charge < -0.3 is 10.4 Å². The third kappa shape index (κ3) is 1.85. The molecule has 0 saturated heterocycles. The van der Waals surface area contributed by atoms with Crippen LogP contribution >= 0.6 is 0 Å². The Morgan fingerprint density at radius 1 is 1.58 bits per heavy atom. The first kappa shape index (κ1) is 9.26. The molecular formula is C9H14FNO. The van der Waals surface area contributed by atoms with Crippen LogP contribution in [0.5, 0.6) is 0 Å². The fraction of sp³-hybridized carbons (Fsp3) is 0.556. The normalized spacial score (nSPS) is 18.9.